The smallest absolute Gasteiger partial charge is 0.0490 e. The normalized spacial score (nSPS) is 18.0. The van der Waals surface area contributed by atoms with Gasteiger partial charge in [0.05, 0.1) is 0 Å². The molecule has 2 aliphatic rings. The van der Waals surface area contributed by atoms with Crippen molar-refractivity contribution in [1.29, 1.82) is 0 Å². The molecule has 4 rings (SSSR count). The molecule has 2 heterocycles. The second-order valence-corrected chi connectivity index (χ2v) is 10.3. The molecule has 32 heavy (non-hydrogen) atoms. The summed E-state index contributed by atoms with van der Waals surface area (Å²) in [5.41, 5.74) is 5.71. The van der Waals surface area contributed by atoms with E-state index in [1.165, 1.54) is 59.4 Å². The number of benzene rings is 1. The molecule has 0 unspecified atom stereocenters. The Morgan fingerprint density at radius 3 is 2.75 bits per heavy atom. The predicted molar refractivity (Wildman–Crippen MR) is 142 cm³/mol. The van der Waals surface area contributed by atoms with Gasteiger partial charge in [0.1, 0.15) is 0 Å². The van der Waals surface area contributed by atoms with E-state index in [0.29, 0.717) is 0 Å². The second kappa shape index (κ2) is 10.8. The quantitative estimate of drug-likeness (QED) is 0.224. The van der Waals surface area contributed by atoms with Crippen LogP contribution in [0.5, 0.6) is 0 Å². The molecule has 0 saturated heterocycles. The van der Waals surface area contributed by atoms with Gasteiger partial charge in [0, 0.05) is 66.3 Å². The molecule has 0 spiro atoms. The first-order valence-electron chi connectivity index (χ1n) is 12.4. The Morgan fingerprint density at radius 1 is 1.22 bits per heavy atom. The van der Waals surface area contributed by atoms with Crippen LogP contribution in [0.1, 0.15) is 63.6 Å². The van der Waals surface area contributed by atoms with E-state index in [9.17, 15) is 0 Å². The maximum atomic E-state index is 4.03. The third-order valence-electron chi connectivity index (χ3n) is 6.95. The van der Waals surface area contributed by atoms with Crippen LogP contribution in [-0.4, -0.2) is 29.1 Å². The van der Waals surface area contributed by atoms with Crippen molar-refractivity contribution >= 4 is 28.5 Å². The van der Waals surface area contributed by atoms with E-state index in [0.717, 1.165) is 38.4 Å². The Hall–Kier alpha value is -1.91. The van der Waals surface area contributed by atoms with Crippen LogP contribution in [0, 0.1) is 0 Å². The van der Waals surface area contributed by atoms with Crippen LogP contribution in [0.25, 0.3) is 10.9 Å². The molecule has 0 bridgehead atoms. The van der Waals surface area contributed by atoms with Gasteiger partial charge in [-0.25, -0.2) is 0 Å². The number of nitrogens with zero attached hydrogens (tertiary/aromatic N) is 3. The van der Waals surface area contributed by atoms with Gasteiger partial charge in [-0.15, -0.1) is 6.58 Å². The van der Waals surface area contributed by atoms with Crippen molar-refractivity contribution in [3.05, 3.63) is 65.2 Å². The van der Waals surface area contributed by atoms with Crippen molar-refractivity contribution in [2.24, 2.45) is 0 Å². The third-order valence-corrected chi connectivity index (χ3v) is 7.95. The minimum atomic E-state index is 0.787. The van der Waals surface area contributed by atoms with Crippen molar-refractivity contribution < 1.29 is 0 Å². The third kappa shape index (κ3) is 4.87. The lowest BCUT2D eigenvalue weighted by Crippen LogP contribution is -2.38. The van der Waals surface area contributed by atoms with Gasteiger partial charge in [-0.2, -0.15) is 0 Å². The summed E-state index contributed by atoms with van der Waals surface area (Å²) in [4.78, 5) is 4.08. The summed E-state index contributed by atoms with van der Waals surface area (Å²) in [6, 6.07) is 7.82. The van der Waals surface area contributed by atoms with Crippen molar-refractivity contribution in [2.45, 2.75) is 77.9 Å². The number of anilines is 1. The minimum absolute atomic E-state index is 0.787. The largest absolute Gasteiger partial charge is 0.340 e. The van der Waals surface area contributed by atoms with E-state index in [1.54, 1.807) is 5.56 Å². The van der Waals surface area contributed by atoms with E-state index in [4.69, 9.17) is 0 Å². The van der Waals surface area contributed by atoms with Gasteiger partial charge >= 0.3 is 0 Å². The van der Waals surface area contributed by atoms with Crippen molar-refractivity contribution in [2.75, 3.05) is 17.9 Å². The molecule has 3 nitrogen and oxygen atoms in total. The SMILES string of the molecule is C=CCn1c2c(c3cc(N(C)SC(/C=C\CC)=C/CC)ccc31)CN(C1CCCC1)CC2. The first-order valence-corrected chi connectivity index (χ1v) is 13.2. The summed E-state index contributed by atoms with van der Waals surface area (Å²) < 4.78 is 4.82. The maximum Gasteiger partial charge on any atom is 0.0490 e. The number of hydrogen-bond donors (Lipinski definition) is 0. The van der Waals surface area contributed by atoms with E-state index < -0.39 is 0 Å². The van der Waals surface area contributed by atoms with Crippen LogP contribution < -0.4 is 4.31 Å². The van der Waals surface area contributed by atoms with Gasteiger partial charge in [0.2, 0.25) is 0 Å². The molecule has 2 aromatic rings. The number of allylic oxidation sites excluding steroid dienone is 4. The standard InChI is InChI=1S/C28H39N3S/c1-5-8-14-24(11-6-2)32-29(4)23-15-16-27-25(20-23)26-21-30(22-12-9-10-13-22)19-17-28(26)31(27)18-7-3/h7-8,11,14-16,20,22H,3,5-6,9-10,12-13,17-19,21H2,1-2,4H3/b14-8-,24-11+. The molecular formula is C28H39N3S. The highest BCUT2D eigenvalue weighted by molar-refractivity contribution is 8.04. The molecule has 1 aliphatic heterocycles. The Bertz CT molecular complexity index is 994. The van der Waals surface area contributed by atoms with Gasteiger partial charge in [0.25, 0.3) is 0 Å². The van der Waals surface area contributed by atoms with Gasteiger partial charge < -0.3 is 8.87 Å². The second-order valence-electron chi connectivity index (χ2n) is 9.10. The number of rotatable bonds is 9. The fourth-order valence-electron chi connectivity index (χ4n) is 5.36. The highest BCUT2D eigenvalue weighted by Gasteiger charge is 2.29. The minimum Gasteiger partial charge on any atom is -0.340 e. The van der Waals surface area contributed by atoms with E-state index in [-0.39, 0.29) is 0 Å². The number of hydrogen-bond acceptors (Lipinski definition) is 3. The Balaban J connectivity index is 1.66. The van der Waals surface area contributed by atoms with Crippen LogP contribution in [0.2, 0.25) is 0 Å². The zero-order valence-corrected chi connectivity index (χ0v) is 21.0. The number of aromatic nitrogens is 1. The molecule has 4 heteroatoms. The Kier molecular flexibility index (Phi) is 7.85. The van der Waals surface area contributed by atoms with Crippen LogP contribution in [0.3, 0.4) is 0 Å². The summed E-state index contributed by atoms with van der Waals surface area (Å²) >= 11 is 1.82. The van der Waals surface area contributed by atoms with Crippen molar-refractivity contribution in [3.8, 4) is 0 Å². The average molecular weight is 450 g/mol. The lowest BCUT2D eigenvalue weighted by atomic mass is 10.0. The summed E-state index contributed by atoms with van der Waals surface area (Å²) in [5.74, 6) is 0. The van der Waals surface area contributed by atoms with Crippen LogP contribution >= 0.6 is 11.9 Å². The predicted octanol–water partition coefficient (Wildman–Crippen LogP) is 7.47. The molecule has 0 radical (unpaired) electrons. The summed E-state index contributed by atoms with van der Waals surface area (Å²) in [6.07, 6.45) is 17.7. The van der Waals surface area contributed by atoms with Gasteiger partial charge in [-0.1, -0.05) is 51.0 Å². The van der Waals surface area contributed by atoms with E-state index in [1.807, 2.05) is 18.0 Å². The van der Waals surface area contributed by atoms with Crippen LogP contribution in [-0.2, 0) is 19.5 Å². The van der Waals surface area contributed by atoms with Gasteiger partial charge in [-0.05, 0) is 61.4 Å². The van der Waals surface area contributed by atoms with Crippen LogP contribution in [0.4, 0.5) is 5.69 Å². The summed E-state index contributed by atoms with van der Waals surface area (Å²) in [7, 11) is 2.19. The monoisotopic (exact) mass is 449 g/mol. The van der Waals surface area contributed by atoms with E-state index in [2.05, 4.69) is 77.7 Å². The Labute approximate surface area is 199 Å². The molecule has 0 amide bonds. The highest BCUT2D eigenvalue weighted by atomic mass is 32.2. The molecule has 0 N–H and O–H groups in total. The zero-order chi connectivity index (χ0) is 22.5. The molecule has 0 atom stereocenters. The fraction of sp³-hybridized carbons (Fsp3) is 0.500. The summed E-state index contributed by atoms with van der Waals surface area (Å²) in [5, 5.41) is 1.43. The highest BCUT2D eigenvalue weighted by Crippen LogP contribution is 2.37. The van der Waals surface area contributed by atoms with Gasteiger partial charge in [0.15, 0.2) is 0 Å². The number of fused-ring (bicyclic) bond motifs is 3. The molecule has 1 saturated carbocycles. The lowest BCUT2D eigenvalue weighted by molar-refractivity contribution is 0.180. The van der Waals surface area contributed by atoms with Crippen LogP contribution in [0.15, 0.2) is 54.0 Å². The topological polar surface area (TPSA) is 11.4 Å². The molecular weight excluding hydrogens is 410 g/mol. The fourth-order valence-corrected chi connectivity index (χ4v) is 6.29. The molecule has 1 aromatic heterocycles. The van der Waals surface area contributed by atoms with Crippen molar-refractivity contribution in [1.82, 2.24) is 9.47 Å². The molecule has 1 aliphatic carbocycles. The first-order chi connectivity index (χ1) is 15.7. The summed E-state index contributed by atoms with van der Waals surface area (Å²) in [6.45, 7) is 11.6. The van der Waals surface area contributed by atoms with E-state index >= 15 is 0 Å². The average Bonchev–Trinajstić information content (AvgIpc) is 3.45. The molecule has 172 valence electrons. The molecule has 1 fully saturated rings. The lowest BCUT2D eigenvalue weighted by Gasteiger charge is -2.33. The molecule has 1 aromatic carbocycles. The zero-order valence-electron chi connectivity index (χ0n) is 20.1. The first kappa shape index (κ1) is 23.3. The van der Waals surface area contributed by atoms with Gasteiger partial charge in [-0.3, -0.25) is 4.90 Å². The van der Waals surface area contributed by atoms with Crippen molar-refractivity contribution in [3.63, 3.8) is 0 Å². The Morgan fingerprint density at radius 2 is 2.03 bits per heavy atom. The maximum absolute atomic E-state index is 4.03.